The standard InChI is InChI=1S/C23H31N5O3/c1-16-27(12-13-28(16)15-31-23(30)25(2)11-10-24)14-17-8-9-20-21(22(17)29)18-6-4-5-7-19(18)26(20)3/h4-7,12-13,16-17H,8-11,14-15,24H2,1-3H3. The Kier molecular flexibility index (Phi) is 5.91. The zero-order valence-corrected chi connectivity index (χ0v) is 18.5. The number of hydrogen-bond donors (Lipinski definition) is 1. The number of nitrogens with two attached hydrogens (primary N) is 1. The number of aromatic nitrogens is 1. The van der Waals surface area contributed by atoms with Gasteiger partial charge in [0.25, 0.3) is 0 Å². The fraction of sp³-hybridized carbons (Fsp3) is 0.478. The van der Waals surface area contributed by atoms with Gasteiger partial charge in [-0.05, 0) is 25.8 Å². The summed E-state index contributed by atoms with van der Waals surface area (Å²) >= 11 is 0. The molecule has 2 aromatic rings. The average molecular weight is 426 g/mol. The van der Waals surface area contributed by atoms with Crippen LogP contribution in [0.5, 0.6) is 0 Å². The van der Waals surface area contributed by atoms with E-state index >= 15 is 0 Å². The Balaban J connectivity index is 1.40. The maximum absolute atomic E-state index is 13.4. The van der Waals surface area contributed by atoms with Crippen molar-refractivity contribution < 1.29 is 14.3 Å². The molecule has 1 aliphatic heterocycles. The van der Waals surface area contributed by atoms with Crippen LogP contribution in [0.3, 0.4) is 0 Å². The SMILES string of the molecule is CC1N(COC(=O)N(C)CCN)C=CN1CC1CCc2c(c3ccccc3n2C)C1=O. The van der Waals surface area contributed by atoms with Crippen LogP contribution in [0.25, 0.3) is 10.9 Å². The van der Waals surface area contributed by atoms with Gasteiger partial charge in [-0.1, -0.05) is 18.2 Å². The van der Waals surface area contributed by atoms with Crippen molar-refractivity contribution in [3.05, 3.63) is 47.9 Å². The highest BCUT2D eigenvalue weighted by molar-refractivity contribution is 6.11. The lowest BCUT2D eigenvalue weighted by Crippen LogP contribution is -2.42. The van der Waals surface area contributed by atoms with Gasteiger partial charge < -0.3 is 29.7 Å². The molecule has 1 aliphatic carbocycles. The highest BCUT2D eigenvalue weighted by atomic mass is 16.6. The molecule has 4 rings (SSSR count). The van der Waals surface area contributed by atoms with Gasteiger partial charge in [0.1, 0.15) is 6.17 Å². The first kappa shape index (κ1) is 21.2. The lowest BCUT2D eigenvalue weighted by Gasteiger charge is -2.33. The molecule has 0 fully saturated rings. The highest BCUT2D eigenvalue weighted by Gasteiger charge is 2.34. The number of para-hydroxylation sites is 1. The number of nitrogens with zero attached hydrogens (tertiary/aromatic N) is 4. The van der Waals surface area contributed by atoms with Crippen molar-refractivity contribution in [2.24, 2.45) is 18.7 Å². The summed E-state index contributed by atoms with van der Waals surface area (Å²) in [6, 6.07) is 8.13. The van der Waals surface area contributed by atoms with E-state index in [0.29, 0.717) is 19.6 Å². The molecule has 8 nitrogen and oxygen atoms in total. The van der Waals surface area contributed by atoms with E-state index in [1.165, 1.54) is 4.90 Å². The summed E-state index contributed by atoms with van der Waals surface area (Å²) in [5.74, 6) is 0.176. The second-order valence-electron chi connectivity index (χ2n) is 8.39. The van der Waals surface area contributed by atoms with Gasteiger partial charge >= 0.3 is 6.09 Å². The predicted molar refractivity (Wildman–Crippen MR) is 119 cm³/mol. The zero-order valence-electron chi connectivity index (χ0n) is 18.5. The maximum atomic E-state index is 13.4. The smallest absolute Gasteiger partial charge is 0.411 e. The van der Waals surface area contributed by atoms with Crippen molar-refractivity contribution in [2.45, 2.75) is 25.9 Å². The third-order valence-electron chi connectivity index (χ3n) is 6.53. The number of Topliss-reactive ketones (excluding diaryl/α,β-unsaturated/α-hetero) is 1. The van der Waals surface area contributed by atoms with Gasteiger partial charge in [0.2, 0.25) is 0 Å². The Morgan fingerprint density at radius 1 is 1.26 bits per heavy atom. The highest BCUT2D eigenvalue weighted by Crippen LogP contribution is 2.34. The lowest BCUT2D eigenvalue weighted by molar-refractivity contribution is 0.0340. The van der Waals surface area contributed by atoms with Crippen LogP contribution in [-0.4, -0.2) is 70.7 Å². The minimum absolute atomic E-state index is 0.00864. The van der Waals surface area contributed by atoms with Crippen molar-refractivity contribution in [3.8, 4) is 0 Å². The van der Waals surface area contributed by atoms with Crippen LogP contribution in [0, 0.1) is 5.92 Å². The zero-order chi connectivity index (χ0) is 22.1. The lowest BCUT2D eigenvalue weighted by atomic mass is 9.84. The number of benzene rings is 1. The second-order valence-corrected chi connectivity index (χ2v) is 8.39. The van der Waals surface area contributed by atoms with E-state index in [1.807, 2.05) is 49.5 Å². The van der Waals surface area contributed by atoms with Crippen molar-refractivity contribution >= 4 is 22.8 Å². The molecule has 2 N–H and O–H groups in total. The molecule has 0 saturated carbocycles. The molecule has 2 heterocycles. The second kappa shape index (κ2) is 8.63. The number of carbonyl (C=O) groups excluding carboxylic acids is 2. The van der Waals surface area contributed by atoms with Gasteiger partial charge in [0.15, 0.2) is 12.5 Å². The number of rotatable bonds is 6. The molecule has 1 amide bonds. The summed E-state index contributed by atoms with van der Waals surface area (Å²) in [7, 11) is 3.71. The van der Waals surface area contributed by atoms with Gasteiger partial charge in [0.05, 0.1) is 0 Å². The summed E-state index contributed by atoms with van der Waals surface area (Å²) in [6.07, 6.45) is 5.25. The van der Waals surface area contributed by atoms with Crippen molar-refractivity contribution in [3.63, 3.8) is 0 Å². The number of likely N-dealkylation sites (N-methyl/N-ethyl adjacent to an activating group) is 1. The number of ether oxygens (including phenoxy) is 1. The molecule has 1 aromatic carbocycles. The first-order valence-electron chi connectivity index (χ1n) is 10.8. The fourth-order valence-corrected chi connectivity index (χ4v) is 4.59. The number of amides is 1. The van der Waals surface area contributed by atoms with Crippen molar-refractivity contribution in [2.75, 3.05) is 33.4 Å². The molecule has 2 unspecified atom stereocenters. The van der Waals surface area contributed by atoms with Gasteiger partial charge in [-0.15, -0.1) is 0 Å². The Morgan fingerprint density at radius 3 is 2.77 bits per heavy atom. The Morgan fingerprint density at radius 2 is 2.00 bits per heavy atom. The fourth-order valence-electron chi connectivity index (χ4n) is 4.59. The number of hydrogen-bond acceptors (Lipinski definition) is 6. The molecule has 0 radical (unpaired) electrons. The van der Waals surface area contributed by atoms with Gasteiger partial charge in [0, 0.05) is 74.2 Å². The van der Waals surface area contributed by atoms with Crippen LogP contribution in [-0.2, 0) is 18.2 Å². The largest absolute Gasteiger partial charge is 0.428 e. The Hall–Kier alpha value is -3.00. The van der Waals surface area contributed by atoms with E-state index in [-0.39, 0.29) is 24.6 Å². The quantitative estimate of drug-likeness (QED) is 0.765. The average Bonchev–Trinajstić information content (AvgIpc) is 3.26. The summed E-state index contributed by atoms with van der Waals surface area (Å²) in [4.78, 5) is 31.0. The van der Waals surface area contributed by atoms with Crippen LogP contribution in [0.4, 0.5) is 4.79 Å². The number of ketones is 1. The molecule has 8 heteroatoms. The first-order chi connectivity index (χ1) is 14.9. The van der Waals surface area contributed by atoms with Gasteiger partial charge in [-0.3, -0.25) is 4.79 Å². The molecule has 2 aliphatic rings. The predicted octanol–water partition coefficient (Wildman–Crippen LogP) is 2.34. The van der Waals surface area contributed by atoms with E-state index in [1.54, 1.807) is 7.05 Å². The van der Waals surface area contributed by atoms with Gasteiger partial charge in [-0.2, -0.15) is 0 Å². The summed E-state index contributed by atoms with van der Waals surface area (Å²) in [6.45, 7) is 3.71. The third-order valence-corrected chi connectivity index (χ3v) is 6.53. The molecule has 1 aromatic heterocycles. The van der Waals surface area contributed by atoms with Crippen LogP contribution >= 0.6 is 0 Å². The van der Waals surface area contributed by atoms with Crippen LogP contribution < -0.4 is 5.73 Å². The summed E-state index contributed by atoms with van der Waals surface area (Å²) < 4.78 is 7.54. The molecular weight excluding hydrogens is 394 g/mol. The normalized spacial score (nSPS) is 20.5. The van der Waals surface area contributed by atoms with Crippen LogP contribution in [0.15, 0.2) is 36.7 Å². The molecule has 0 spiro atoms. The van der Waals surface area contributed by atoms with Crippen LogP contribution in [0.1, 0.15) is 29.4 Å². The van der Waals surface area contributed by atoms with E-state index in [9.17, 15) is 9.59 Å². The van der Waals surface area contributed by atoms with Gasteiger partial charge in [-0.25, -0.2) is 4.79 Å². The summed E-state index contributed by atoms with van der Waals surface area (Å²) in [5, 5.41) is 1.05. The topological polar surface area (TPSA) is 84.0 Å². The van der Waals surface area contributed by atoms with E-state index in [4.69, 9.17) is 10.5 Å². The molecule has 0 saturated heterocycles. The molecule has 166 valence electrons. The van der Waals surface area contributed by atoms with Crippen molar-refractivity contribution in [1.82, 2.24) is 19.3 Å². The molecule has 0 bridgehead atoms. The molecular formula is C23H31N5O3. The monoisotopic (exact) mass is 425 g/mol. The first-order valence-corrected chi connectivity index (χ1v) is 10.8. The van der Waals surface area contributed by atoms with E-state index < -0.39 is 6.09 Å². The third kappa shape index (κ3) is 3.87. The Bertz CT molecular complexity index is 1010. The van der Waals surface area contributed by atoms with E-state index in [0.717, 1.165) is 35.0 Å². The minimum Gasteiger partial charge on any atom is -0.428 e. The van der Waals surface area contributed by atoms with Crippen molar-refractivity contribution in [1.29, 1.82) is 0 Å². The number of aryl methyl sites for hydroxylation is 1. The Labute approximate surface area is 182 Å². The molecule has 2 atom stereocenters. The molecule has 31 heavy (non-hydrogen) atoms. The summed E-state index contributed by atoms with van der Waals surface area (Å²) in [5.41, 5.74) is 8.62. The van der Waals surface area contributed by atoms with Crippen LogP contribution in [0.2, 0.25) is 0 Å². The minimum atomic E-state index is -0.393. The number of carbonyl (C=O) groups is 2. The number of fused-ring (bicyclic) bond motifs is 3. The van der Waals surface area contributed by atoms with E-state index in [2.05, 4.69) is 15.5 Å². The maximum Gasteiger partial charge on any atom is 0.411 e.